The molecule has 5 nitrogen and oxygen atoms in total. The topological polar surface area (TPSA) is 73.7 Å². The van der Waals surface area contributed by atoms with Crippen LogP contribution in [0.15, 0.2) is 17.2 Å². The highest BCUT2D eigenvalue weighted by Gasteiger charge is 2.33. The third kappa shape index (κ3) is 2.45. The van der Waals surface area contributed by atoms with Crippen molar-refractivity contribution in [2.45, 2.75) is 18.8 Å². The lowest BCUT2D eigenvalue weighted by atomic mass is 10.1. The Morgan fingerprint density at radius 2 is 2.35 bits per heavy atom. The maximum absolute atomic E-state index is 13.6. The van der Waals surface area contributed by atoms with Crippen LogP contribution in [0.2, 0.25) is 0 Å². The summed E-state index contributed by atoms with van der Waals surface area (Å²) in [5.74, 6) is -2.71. The van der Waals surface area contributed by atoms with Gasteiger partial charge in [-0.25, -0.2) is 4.98 Å². The van der Waals surface area contributed by atoms with Gasteiger partial charge >= 0.3 is 0 Å². The number of halogens is 2. The summed E-state index contributed by atoms with van der Waals surface area (Å²) >= 11 is 0. The summed E-state index contributed by atoms with van der Waals surface area (Å²) in [7, 11) is 0. The van der Waals surface area contributed by atoms with E-state index in [1.54, 1.807) is 6.07 Å². The molecule has 0 aliphatic carbocycles. The number of aryl methyl sites for hydroxylation is 1. The predicted octanol–water partition coefficient (Wildman–Crippen LogP) is 2.84. The first kappa shape index (κ1) is 11.6. The number of azide groups is 1. The molecule has 1 N–H and O–H groups in total. The molecular weight excluding hydrogens is 228 g/mol. The molecule has 7 heteroatoms. The molecule has 17 heavy (non-hydrogen) atoms. The lowest BCUT2D eigenvalue weighted by Gasteiger charge is -2.20. The molecule has 1 aromatic heterocycles. The van der Waals surface area contributed by atoms with Crippen LogP contribution in [0.1, 0.15) is 17.7 Å². The van der Waals surface area contributed by atoms with Crippen molar-refractivity contribution in [3.63, 3.8) is 0 Å². The molecule has 0 amide bonds. The average molecular weight is 239 g/mol. The molecule has 0 fully saturated rings. The molecule has 0 atom stereocenters. The number of anilines is 1. The first-order valence-corrected chi connectivity index (χ1v) is 5.26. The molecule has 0 radical (unpaired) electrons. The van der Waals surface area contributed by atoms with Crippen molar-refractivity contribution >= 4 is 5.82 Å². The SMILES string of the molecule is [N-]=[N+]=NCC(F)(F)c1ccc2c(n1)NCCC2. The minimum absolute atomic E-state index is 0.363. The third-order valence-corrected chi connectivity index (χ3v) is 2.60. The Hall–Kier alpha value is -1.88. The Labute approximate surface area is 96.5 Å². The third-order valence-electron chi connectivity index (χ3n) is 2.60. The van der Waals surface area contributed by atoms with E-state index in [1.165, 1.54) is 6.07 Å². The van der Waals surface area contributed by atoms with E-state index in [2.05, 4.69) is 20.3 Å². The molecule has 1 aliphatic heterocycles. The van der Waals surface area contributed by atoms with Gasteiger partial charge in [-0.05, 0) is 30.0 Å². The number of hydrogen-bond donors (Lipinski definition) is 1. The zero-order chi connectivity index (χ0) is 12.3. The highest BCUT2D eigenvalue weighted by Crippen LogP contribution is 2.30. The summed E-state index contributed by atoms with van der Waals surface area (Å²) < 4.78 is 27.1. The first-order chi connectivity index (χ1) is 8.13. The molecule has 0 saturated heterocycles. The number of alkyl halides is 2. The summed E-state index contributed by atoms with van der Waals surface area (Å²) in [6, 6.07) is 2.94. The van der Waals surface area contributed by atoms with Crippen LogP contribution in [0.3, 0.4) is 0 Å². The second-order valence-corrected chi connectivity index (χ2v) is 3.83. The van der Waals surface area contributed by atoms with Crippen molar-refractivity contribution in [1.29, 1.82) is 0 Å². The Morgan fingerprint density at radius 1 is 1.53 bits per heavy atom. The second-order valence-electron chi connectivity index (χ2n) is 3.83. The van der Waals surface area contributed by atoms with E-state index in [4.69, 9.17) is 5.53 Å². The smallest absolute Gasteiger partial charge is 0.295 e. The van der Waals surface area contributed by atoms with Gasteiger partial charge in [-0.2, -0.15) is 8.78 Å². The summed E-state index contributed by atoms with van der Waals surface area (Å²) in [4.78, 5) is 6.23. The van der Waals surface area contributed by atoms with Gasteiger partial charge in [-0.3, -0.25) is 0 Å². The molecule has 0 aromatic carbocycles. The number of nitrogens with one attached hydrogen (secondary N) is 1. The zero-order valence-electron chi connectivity index (χ0n) is 9.03. The number of nitrogens with zero attached hydrogens (tertiary/aromatic N) is 4. The van der Waals surface area contributed by atoms with E-state index in [-0.39, 0.29) is 5.69 Å². The maximum Gasteiger partial charge on any atom is 0.295 e. The van der Waals surface area contributed by atoms with E-state index in [0.29, 0.717) is 5.82 Å². The molecular formula is C10H11F2N5. The van der Waals surface area contributed by atoms with E-state index < -0.39 is 12.5 Å². The number of fused-ring (bicyclic) bond motifs is 1. The van der Waals surface area contributed by atoms with Gasteiger partial charge < -0.3 is 5.32 Å². The van der Waals surface area contributed by atoms with Crippen LogP contribution in [0.4, 0.5) is 14.6 Å². The largest absolute Gasteiger partial charge is 0.370 e. The van der Waals surface area contributed by atoms with Crippen molar-refractivity contribution in [2.75, 3.05) is 18.4 Å². The number of aromatic nitrogens is 1. The molecule has 1 aliphatic rings. The van der Waals surface area contributed by atoms with Crippen LogP contribution in [0, 0.1) is 0 Å². The molecule has 2 heterocycles. The predicted molar refractivity (Wildman–Crippen MR) is 59.0 cm³/mol. The quantitative estimate of drug-likeness (QED) is 0.500. The Morgan fingerprint density at radius 3 is 3.12 bits per heavy atom. The molecule has 0 unspecified atom stereocenters. The molecule has 0 bridgehead atoms. The van der Waals surface area contributed by atoms with Crippen molar-refractivity contribution in [3.05, 3.63) is 33.8 Å². The van der Waals surface area contributed by atoms with E-state index in [1.807, 2.05) is 0 Å². The fourth-order valence-corrected chi connectivity index (χ4v) is 1.73. The fourth-order valence-electron chi connectivity index (χ4n) is 1.73. The van der Waals surface area contributed by atoms with Gasteiger partial charge in [0.2, 0.25) is 0 Å². The van der Waals surface area contributed by atoms with Gasteiger partial charge in [0, 0.05) is 11.5 Å². The Kier molecular flexibility index (Phi) is 3.10. The van der Waals surface area contributed by atoms with Crippen LogP contribution in [0.25, 0.3) is 10.4 Å². The first-order valence-electron chi connectivity index (χ1n) is 5.26. The highest BCUT2D eigenvalue weighted by molar-refractivity contribution is 5.47. The van der Waals surface area contributed by atoms with E-state index >= 15 is 0 Å². The maximum atomic E-state index is 13.6. The minimum Gasteiger partial charge on any atom is -0.370 e. The van der Waals surface area contributed by atoms with Gasteiger partial charge in [0.1, 0.15) is 11.5 Å². The zero-order valence-corrected chi connectivity index (χ0v) is 9.03. The Balaban J connectivity index is 2.29. The van der Waals surface area contributed by atoms with Crippen molar-refractivity contribution < 1.29 is 8.78 Å². The van der Waals surface area contributed by atoms with Gasteiger partial charge in [0.25, 0.3) is 5.92 Å². The fraction of sp³-hybridized carbons (Fsp3) is 0.500. The average Bonchev–Trinajstić information content (AvgIpc) is 2.36. The summed E-state index contributed by atoms with van der Waals surface area (Å²) in [5, 5.41) is 5.89. The van der Waals surface area contributed by atoms with E-state index in [0.717, 1.165) is 24.9 Å². The normalized spacial score (nSPS) is 14.5. The van der Waals surface area contributed by atoms with Crippen LogP contribution < -0.4 is 5.32 Å². The van der Waals surface area contributed by atoms with Crippen LogP contribution in [-0.2, 0) is 12.3 Å². The van der Waals surface area contributed by atoms with Crippen molar-refractivity contribution in [2.24, 2.45) is 5.11 Å². The van der Waals surface area contributed by atoms with Crippen LogP contribution >= 0.6 is 0 Å². The van der Waals surface area contributed by atoms with Gasteiger partial charge in [0.05, 0.1) is 6.54 Å². The molecule has 0 spiro atoms. The number of rotatable bonds is 3. The highest BCUT2D eigenvalue weighted by atomic mass is 19.3. The number of hydrogen-bond acceptors (Lipinski definition) is 3. The second kappa shape index (κ2) is 4.55. The monoisotopic (exact) mass is 239 g/mol. The molecule has 0 saturated carbocycles. The van der Waals surface area contributed by atoms with Crippen LogP contribution in [-0.4, -0.2) is 18.1 Å². The lowest BCUT2D eigenvalue weighted by molar-refractivity contribution is 0.00164. The summed E-state index contributed by atoms with van der Waals surface area (Å²) in [6.45, 7) is -0.166. The summed E-state index contributed by atoms with van der Waals surface area (Å²) in [5.41, 5.74) is 8.64. The number of pyridine rings is 1. The molecule has 2 rings (SSSR count). The Bertz CT molecular complexity index is 468. The lowest BCUT2D eigenvalue weighted by Crippen LogP contribution is -2.21. The van der Waals surface area contributed by atoms with E-state index in [9.17, 15) is 8.78 Å². The van der Waals surface area contributed by atoms with Crippen molar-refractivity contribution in [3.8, 4) is 0 Å². The van der Waals surface area contributed by atoms with Gasteiger partial charge in [-0.15, -0.1) is 0 Å². The van der Waals surface area contributed by atoms with Crippen LogP contribution in [0.5, 0.6) is 0 Å². The minimum atomic E-state index is -3.22. The standard InChI is InChI=1S/C10H11F2N5/c11-10(12,6-15-17-13)8-4-3-7-2-1-5-14-9(7)16-8/h3-4H,1-2,5-6H2,(H,14,16). The molecule has 90 valence electrons. The molecule has 1 aromatic rings. The van der Waals surface area contributed by atoms with Gasteiger partial charge in [-0.1, -0.05) is 11.2 Å². The van der Waals surface area contributed by atoms with Gasteiger partial charge in [0.15, 0.2) is 0 Å². The van der Waals surface area contributed by atoms with Crippen molar-refractivity contribution in [1.82, 2.24) is 4.98 Å². The summed E-state index contributed by atoms with van der Waals surface area (Å²) in [6.07, 6.45) is 1.82.